The minimum absolute atomic E-state index is 0.312. The van der Waals surface area contributed by atoms with E-state index in [1.807, 2.05) is 6.07 Å². The summed E-state index contributed by atoms with van der Waals surface area (Å²) < 4.78 is 11.0. The van der Waals surface area contributed by atoms with Gasteiger partial charge in [-0.2, -0.15) is 0 Å². The quantitative estimate of drug-likeness (QED) is 0.335. The highest BCUT2D eigenvalue weighted by atomic mass is 16.6. The van der Waals surface area contributed by atoms with Crippen LogP contribution in [0.5, 0.6) is 0 Å². The summed E-state index contributed by atoms with van der Waals surface area (Å²) in [4.78, 5) is 17.7. The highest BCUT2D eigenvalue weighted by Crippen LogP contribution is 2.52. The number of hydrogen-bond acceptors (Lipinski definition) is 3. The summed E-state index contributed by atoms with van der Waals surface area (Å²) in [6.07, 6.45) is 5.61. The zero-order valence-electron chi connectivity index (χ0n) is 19.0. The van der Waals surface area contributed by atoms with Crippen molar-refractivity contribution in [1.82, 2.24) is 14.1 Å². The van der Waals surface area contributed by atoms with Gasteiger partial charge in [-0.3, -0.25) is 4.98 Å². The lowest BCUT2D eigenvalue weighted by atomic mass is 9.79. The van der Waals surface area contributed by atoms with Gasteiger partial charge in [0.2, 0.25) is 0 Å². The van der Waals surface area contributed by atoms with Crippen molar-refractivity contribution in [2.75, 3.05) is 0 Å². The molecule has 0 bridgehead atoms. The predicted molar refractivity (Wildman–Crippen MR) is 129 cm³/mol. The van der Waals surface area contributed by atoms with Crippen LogP contribution >= 0.6 is 0 Å². The number of carbonyl (C=O) groups excluding carboxylic acids is 1. The number of fused-ring (bicyclic) bond motifs is 3. The molecule has 0 saturated heterocycles. The highest BCUT2D eigenvalue weighted by Gasteiger charge is 2.52. The Morgan fingerprint density at radius 3 is 2.39 bits per heavy atom. The number of ether oxygens (including phenoxy) is 1. The molecule has 0 fully saturated rings. The Morgan fingerprint density at radius 1 is 0.909 bits per heavy atom. The molecule has 1 aliphatic heterocycles. The van der Waals surface area contributed by atoms with Crippen LogP contribution in [0.15, 0.2) is 73.2 Å². The maximum Gasteiger partial charge on any atom is 0.340 e. The van der Waals surface area contributed by atoms with E-state index in [0.717, 1.165) is 57.3 Å². The summed E-state index contributed by atoms with van der Waals surface area (Å²) in [5.41, 5.74) is 5.64. The maximum absolute atomic E-state index is 13.3. The minimum Gasteiger partial charge on any atom is -0.440 e. The molecule has 3 aromatic heterocycles. The van der Waals surface area contributed by atoms with Gasteiger partial charge in [0, 0.05) is 75.9 Å². The van der Waals surface area contributed by atoms with Gasteiger partial charge in [0.15, 0.2) is 5.60 Å². The first-order valence-electron chi connectivity index (χ1n) is 11.5. The molecule has 5 heteroatoms. The van der Waals surface area contributed by atoms with E-state index < -0.39 is 5.60 Å². The summed E-state index contributed by atoms with van der Waals surface area (Å²) in [6.45, 7) is 8.05. The zero-order chi connectivity index (χ0) is 22.7. The van der Waals surface area contributed by atoms with Crippen LogP contribution in [-0.2, 0) is 23.4 Å². The lowest BCUT2D eigenvalue weighted by Gasteiger charge is -2.30. The Balaban J connectivity index is 1.83. The van der Waals surface area contributed by atoms with Gasteiger partial charge in [-0.15, -0.1) is 0 Å². The van der Waals surface area contributed by atoms with Gasteiger partial charge in [0.25, 0.3) is 0 Å². The summed E-state index contributed by atoms with van der Waals surface area (Å²) in [7, 11) is 0. The molecule has 5 nitrogen and oxygen atoms in total. The lowest BCUT2D eigenvalue weighted by molar-refractivity contribution is 0.0257. The van der Waals surface area contributed by atoms with Gasteiger partial charge < -0.3 is 13.9 Å². The van der Waals surface area contributed by atoms with Gasteiger partial charge in [-0.1, -0.05) is 36.4 Å². The summed E-state index contributed by atoms with van der Waals surface area (Å²) in [5.74, 6) is -0.312. The van der Waals surface area contributed by atoms with Gasteiger partial charge in [-0.25, -0.2) is 4.79 Å². The number of cyclic esters (lactones) is 1. The third-order valence-electron chi connectivity index (χ3n) is 7.07. The summed E-state index contributed by atoms with van der Waals surface area (Å²) in [6, 6.07) is 18.5. The largest absolute Gasteiger partial charge is 0.440 e. The molecular formula is C28H25N3O2. The van der Waals surface area contributed by atoms with Crippen molar-refractivity contribution in [3.05, 3.63) is 101 Å². The van der Waals surface area contributed by atoms with E-state index in [0.29, 0.717) is 5.56 Å². The molecular weight excluding hydrogens is 410 g/mol. The number of pyridine rings is 1. The molecule has 2 aromatic carbocycles. The fourth-order valence-electron chi connectivity index (χ4n) is 5.69. The van der Waals surface area contributed by atoms with Crippen LogP contribution in [0.2, 0.25) is 0 Å². The summed E-state index contributed by atoms with van der Waals surface area (Å²) >= 11 is 0. The van der Waals surface area contributed by atoms with Crippen LogP contribution in [0, 0.1) is 6.92 Å². The third kappa shape index (κ3) is 2.48. The second-order valence-corrected chi connectivity index (χ2v) is 8.56. The van der Waals surface area contributed by atoms with E-state index in [1.165, 1.54) is 0 Å². The molecule has 1 aliphatic rings. The number of hydrogen-bond donors (Lipinski definition) is 0. The zero-order valence-corrected chi connectivity index (χ0v) is 19.0. The van der Waals surface area contributed by atoms with Crippen LogP contribution in [-0.4, -0.2) is 20.1 Å². The lowest BCUT2D eigenvalue weighted by Crippen LogP contribution is -2.30. The maximum atomic E-state index is 13.3. The van der Waals surface area contributed by atoms with Crippen molar-refractivity contribution in [1.29, 1.82) is 0 Å². The molecule has 4 heterocycles. The Labute approximate surface area is 192 Å². The molecule has 0 saturated carbocycles. The Morgan fingerprint density at radius 2 is 1.64 bits per heavy atom. The Bertz CT molecular complexity index is 1560. The summed E-state index contributed by atoms with van der Waals surface area (Å²) in [5, 5.41) is 2.17. The Hall–Kier alpha value is -3.86. The average molecular weight is 436 g/mol. The molecule has 5 aromatic rings. The molecule has 164 valence electrons. The third-order valence-corrected chi connectivity index (χ3v) is 7.07. The van der Waals surface area contributed by atoms with Crippen LogP contribution in [0.25, 0.3) is 21.8 Å². The van der Waals surface area contributed by atoms with Crippen LogP contribution < -0.4 is 0 Å². The molecule has 0 radical (unpaired) electrons. The van der Waals surface area contributed by atoms with E-state index >= 15 is 0 Å². The number of nitrogens with zero attached hydrogens (tertiary/aromatic N) is 3. The minimum atomic E-state index is -1.08. The fraction of sp³-hybridized carbons (Fsp3) is 0.214. The molecule has 0 amide bonds. The molecule has 6 rings (SSSR count). The van der Waals surface area contributed by atoms with Gasteiger partial charge in [-0.05, 0) is 39.0 Å². The van der Waals surface area contributed by atoms with Crippen molar-refractivity contribution in [3.63, 3.8) is 0 Å². The van der Waals surface area contributed by atoms with Gasteiger partial charge >= 0.3 is 5.97 Å². The second kappa shape index (κ2) is 7.07. The molecule has 0 spiro atoms. The van der Waals surface area contributed by atoms with Crippen LogP contribution in [0.3, 0.4) is 0 Å². The van der Waals surface area contributed by atoms with Crippen molar-refractivity contribution in [3.8, 4) is 0 Å². The highest BCUT2D eigenvalue weighted by molar-refractivity contribution is 6.00. The van der Waals surface area contributed by atoms with E-state index in [9.17, 15) is 4.79 Å². The number of carbonyl (C=O) groups is 1. The van der Waals surface area contributed by atoms with Gasteiger partial charge in [0.05, 0.1) is 5.56 Å². The van der Waals surface area contributed by atoms with E-state index in [1.54, 1.807) is 18.5 Å². The molecule has 0 N–H and O–H groups in total. The number of rotatable bonds is 4. The monoisotopic (exact) mass is 435 g/mol. The average Bonchev–Trinajstić information content (AvgIpc) is 3.47. The standard InChI is InChI=1S/C28H25N3O2/c1-4-30-17-23(19-10-6-8-12-24(19)30)28(22-16-29-15-14-20(22)27(32)33-28)26-18(3)31(5-2)25-13-9-7-11-21(25)26/h6-17H,4-5H2,1-3H3. The van der Waals surface area contributed by atoms with Crippen molar-refractivity contribution >= 4 is 27.8 Å². The topological polar surface area (TPSA) is 49.0 Å². The van der Waals surface area contributed by atoms with Crippen molar-refractivity contribution in [2.45, 2.75) is 39.5 Å². The van der Waals surface area contributed by atoms with Gasteiger partial charge in [0.1, 0.15) is 0 Å². The molecule has 1 atom stereocenters. The smallest absolute Gasteiger partial charge is 0.340 e. The second-order valence-electron chi connectivity index (χ2n) is 8.56. The number of aromatic nitrogens is 3. The van der Waals surface area contributed by atoms with Crippen molar-refractivity contribution < 1.29 is 9.53 Å². The van der Waals surface area contributed by atoms with E-state index in [4.69, 9.17) is 4.74 Å². The normalized spacial score (nSPS) is 17.6. The van der Waals surface area contributed by atoms with E-state index in [2.05, 4.69) is 83.6 Å². The van der Waals surface area contributed by atoms with Crippen LogP contribution in [0.1, 0.15) is 46.6 Å². The number of benzene rings is 2. The fourth-order valence-corrected chi connectivity index (χ4v) is 5.69. The first-order chi connectivity index (χ1) is 16.1. The number of para-hydroxylation sites is 2. The number of aryl methyl sites for hydroxylation is 2. The first kappa shape index (κ1) is 19.8. The molecule has 0 aliphatic carbocycles. The SMILES string of the molecule is CCn1cc(C2(c3c(C)n(CC)c4ccccc34)OC(=O)c3ccncc32)c2ccccc21. The Kier molecular flexibility index (Phi) is 4.24. The van der Waals surface area contributed by atoms with Crippen molar-refractivity contribution in [2.24, 2.45) is 0 Å². The van der Waals surface area contributed by atoms with E-state index in [-0.39, 0.29) is 5.97 Å². The first-order valence-corrected chi connectivity index (χ1v) is 11.5. The molecule has 1 unspecified atom stereocenters. The number of esters is 1. The predicted octanol–water partition coefficient (Wildman–Crippen LogP) is 5.80. The molecule has 33 heavy (non-hydrogen) atoms. The van der Waals surface area contributed by atoms with Crippen LogP contribution in [0.4, 0.5) is 0 Å².